The highest BCUT2D eigenvalue weighted by molar-refractivity contribution is 7.80. The zero-order valence-electron chi connectivity index (χ0n) is 18.2. The van der Waals surface area contributed by atoms with Gasteiger partial charge in [0.2, 0.25) is 0 Å². The Morgan fingerprint density at radius 3 is 2.24 bits per heavy atom. The Morgan fingerprint density at radius 2 is 1.52 bits per heavy atom. The second-order valence-electron chi connectivity index (χ2n) is 7.01. The largest absolute Gasteiger partial charge is 0.493 e. The number of benzene rings is 3. The Morgan fingerprint density at radius 1 is 0.818 bits per heavy atom. The Balaban J connectivity index is 1.47. The van der Waals surface area contributed by atoms with E-state index in [2.05, 4.69) is 16.2 Å². The number of rotatable bonds is 8. The van der Waals surface area contributed by atoms with E-state index in [-0.39, 0.29) is 5.11 Å². The molecule has 0 fully saturated rings. The lowest BCUT2D eigenvalue weighted by molar-refractivity contribution is 0.0933. The number of thiocarbonyl (C=S) groups is 1. The number of para-hydroxylation sites is 1. The zero-order valence-corrected chi connectivity index (χ0v) is 19.0. The first-order chi connectivity index (χ1) is 16.1. The van der Waals surface area contributed by atoms with Gasteiger partial charge >= 0.3 is 0 Å². The number of carbonyl (C=O) groups excluding carboxylic acids is 2. The van der Waals surface area contributed by atoms with Gasteiger partial charge in [-0.15, -0.1) is 0 Å². The molecule has 0 aromatic heterocycles. The molecule has 3 rings (SSSR count). The molecule has 0 bridgehead atoms. The van der Waals surface area contributed by atoms with Gasteiger partial charge in [0.15, 0.2) is 5.11 Å². The lowest BCUT2D eigenvalue weighted by Gasteiger charge is -2.13. The van der Waals surface area contributed by atoms with E-state index >= 15 is 0 Å². The molecular weight excluding hydrogens is 438 g/mol. The van der Waals surface area contributed by atoms with E-state index in [0.29, 0.717) is 35.8 Å². The highest BCUT2D eigenvalue weighted by atomic mass is 32.1. The van der Waals surface area contributed by atoms with Crippen LogP contribution in [0, 0.1) is 0 Å². The van der Waals surface area contributed by atoms with E-state index in [9.17, 15) is 9.59 Å². The Hall–Kier alpha value is -3.91. The maximum atomic E-state index is 12.5. The first kappa shape index (κ1) is 23.7. The fraction of sp³-hybridized carbons (Fsp3) is 0.160. The number of hydrogen-bond donors (Lipinski definition) is 3. The number of hydrogen-bond acceptors (Lipinski definition) is 5. The molecule has 0 aliphatic rings. The smallest absolute Gasteiger partial charge is 0.269 e. The molecule has 0 atom stereocenters. The highest BCUT2D eigenvalue weighted by Crippen LogP contribution is 2.18. The zero-order chi connectivity index (χ0) is 23.5. The monoisotopic (exact) mass is 463 g/mol. The molecule has 0 saturated carbocycles. The standard InChI is InChI=1S/C25H25N3O4S/c1-2-16-31-22-11-7-6-10-21(22)24(30)26-25(33)28-27-23(29)19-12-14-20(15-13-19)32-17-18-8-4-3-5-9-18/h3-15H,2,16-17H2,1H3,(H,27,29)(H2,26,28,30,33). The van der Waals surface area contributed by atoms with Gasteiger partial charge in [0.1, 0.15) is 18.1 Å². The van der Waals surface area contributed by atoms with Crippen molar-refractivity contribution in [2.75, 3.05) is 6.61 Å². The number of carbonyl (C=O) groups is 2. The third-order valence-corrected chi connectivity index (χ3v) is 4.68. The van der Waals surface area contributed by atoms with E-state index in [4.69, 9.17) is 21.7 Å². The third-order valence-electron chi connectivity index (χ3n) is 4.47. The molecule has 0 aliphatic heterocycles. The molecule has 0 heterocycles. The van der Waals surface area contributed by atoms with Crippen molar-refractivity contribution in [3.63, 3.8) is 0 Å². The number of ether oxygens (including phenoxy) is 2. The third kappa shape index (κ3) is 7.33. The average molecular weight is 464 g/mol. The van der Waals surface area contributed by atoms with Gasteiger partial charge < -0.3 is 9.47 Å². The molecule has 0 spiro atoms. The summed E-state index contributed by atoms with van der Waals surface area (Å²) in [4.78, 5) is 24.9. The van der Waals surface area contributed by atoms with Crippen molar-refractivity contribution in [2.45, 2.75) is 20.0 Å². The van der Waals surface area contributed by atoms with Gasteiger partial charge in [-0.05, 0) is 60.6 Å². The van der Waals surface area contributed by atoms with Gasteiger partial charge in [-0.3, -0.25) is 25.8 Å². The van der Waals surface area contributed by atoms with Gasteiger partial charge in [-0.1, -0.05) is 49.4 Å². The molecule has 0 saturated heterocycles. The van der Waals surface area contributed by atoms with Gasteiger partial charge in [0.05, 0.1) is 12.2 Å². The van der Waals surface area contributed by atoms with E-state index in [1.165, 1.54) is 0 Å². The van der Waals surface area contributed by atoms with E-state index < -0.39 is 11.8 Å². The van der Waals surface area contributed by atoms with E-state index in [1.54, 1.807) is 48.5 Å². The summed E-state index contributed by atoms with van der Waals surface area (Å²) in [5.74, 6) is 0.273. The van der Waals surface area contributed by atoms with Crippen LogP contribution >= 0.6 is 12.2 Å². The van der Waals surface area contributed by atoms with Gasteiger partial charge in [0.25, 0.3) is 11.8 Å². The van der Waals surface area contributed by atoms with Crippen LogP contribution in [0.25, 0.3) is 0 Å². The second-order valence-corrected chi connectivity index (χ2v) is 7.41. The molecule has 3 aromatic carbocycles. The fourth-order valence-corrected chi connectivity index (χ4v) is 2.97. The number of amides is 2. The predicted molar refractivity (Wildman–Crippen MR) is 130 cm³/mol. The number of hydrazine groups is 1. The Kier molecular flexibility index (Phi) is 8.79. The summed E-state index contributed by atoms with van der Waals surface area (Å²) in [5.41, 5.74) is 6.81. The minimum absolute atomic E-state index is 0.0403. The van der Waals surface area contributed by atoms with Crippen LogP contribution < -0.4 is 25.6 Å². The molecule has 7 nitrogen and oxygen atoms in total. The average Bonchev–Trinajstić information content (AvgIpc) is 2.86. The molecule has 0 radical (unpaired) electrons. The van der Waals surface area contributed by atoms with Crippen LogP contribution in [0.4, 0.5) is 0 Å². The molecule has 8 heteroatoms. The van der Waals surface area contributed by atoms with Crippen LogP contribution in [0.1, 0.15) is 39.6 Å². The van der Waals surface area contributed by atoms with Crippen molar-refractivity contribution in [1.29, 1.82) is 0 Å². The summed E-state index contributed by atoms with van der Waals surface area (Å²) in [6.07, 6.45) is 0.822. The van der Waals surface area contributed by atoms with Gasteiger partial charge in [-0.25, -0.2) is 0 Å². The van der Waals surface area contributed by atoms with Crippen molar-refractivity contribution < 1.29 is 19.1 Å². The summed E-state index contributed by atoms with van der Waals surface area (Å²) in [6, 6.07) is 23.4. The van der Waals surface area contributed by atoms with Gasteiger partial charge in [0, 0.05) is 5.56 Å². The molecule has 2 amide bonds. The lowest BCUT2D eigenvalue weighted by Crippen LogP contribution is -2.48. The molecule has 170 valence electrons. The molecule has 3 aromatic rings. The Labute approximate surface area is 198 Å². The van der Waals surface area contributed by atoms with Crippen molar-refractivity contribution in [2.24, 2.45) is 0 Å². The summed E-state index contributed by atoms with van der Waals surface area (Å²) in [7, 11) is 0. The molecule has 0 unspecified atom stereocenters. The molecule has 33 heavy (non-hydrogen) atoms. The van der Waals surface area contributed by atoms with E-state index in [1.807, 2.05) is 37.3 Å². The van der Waals surface area contributed by atoms with Crippen molar-refractivity contribution >= 4 is 29.1 Å². The SMILES string of the molecule is CCCOc1ccccc1C(=O)NC(=S)NNC(=O)c1ccc(OCc2ccccc2)cc1. The normalized spacial score (nSPS) is 10.1. The molecular formula is C25H25N3O4S. The van der Waals surface area contributed by atoms with Crippen molar-refractivity contribution in [3.8, 4) is 11.5 Å². The first-order valence-electron chi connectivity index (χ1n) is 10.5. The van der Waals surface area contributed by atoms with Crippen LogP contribution in [0.2, 0.25) is 0 Å². The maximum Gasteiger partial charge on any atom is 0.269 e. The van der Waals surface area contributed by atoms with Crippen LogP contribution in [0.5, 0.6) is 11.5 Å². The second kappa shape index (κ2) is 12.2. The van der Waals surface area contributed by atoms with Crippen LogP contribution in [0.3, 0.4) is 0 Å². The molecule has 3 N–H and O–H groups in total. The quantitative estimate of drug-likeness (QED) is 0.346. The van der Waals surface area contributed by atoms with Crippen molar-refractivity contribution in [1.82, 2.24) is 16.2 Å². The Bertz CT molecular complexity index is 1090. The maximum absolute atomic E-state index is 12.5. The van der Waals surface area contributed by atoms with Crippen LogP contribution in [-0.4, -0.2) is 23.5 Å². The predicted octanol–water partition coefficient (Wildman–Crippen LogP) is 4.00. The van der Waals surface area contributed by atoms with Gasteiger partial charge in [-0.2, -0.15) is 0 Å². The number of nitrogens with one attached hydrogen (secondary N) is 3. The summed E-state index contributed by atoms with van der Waals surface area (Å²) < 4.78 is 11.3. The summed E-state index contributed by atoms with van der Waals surface area (Å²) >= 11 is 5.11. The van der Waals surface area contributed by atoms with E-state index in [0.717, 1.165) is 12.0 Å². The minimum Gasteiger partial charge on any atom is -0.493 e. The minimum atomic E-state index is -0.437. The van der Waals surface area contributed by atoms with Crippen LogP contribution in [0.15, 0.2) is 78.9 Å². The highest BCUT2D eigenvalue weighted by Gasteiger charge is 2.14. The fourth-order valence-electron chi connectivity index (χ4n) is 2.82. The first-order valence-corrected chi connectivity index (χ1v) is 10.9. The topological polar surface area (TPSA) is 88.7 Å². The molecule has 0 aliphatic carbocycles. The van der Waals surface area contributed by atoms with Crippen LogP contribution in [-0.2, 0) is 6.61 Å². The summed E-state index contributed by atoms with van der Waals surface area (Å²) in [5, 5.41) is 2.49. The van der Waals surface area contributed by atoms with Crippen molar-refractivity contribution in [3.05, 3.63) is 95.6 Å². The summed E-state index contributed by atoms with van der Waals surface area (Å²) in [6.45, 7) is 2.92. The lowest BCUT2D eigenvalue weighted by atomic mass is 10.2.